The summed E-state index contributed by atoms with van der Waals surface area (Å²) in [5.41, 5.74) is 1.99. The van der Waals surface area contributed by atoms with Crippen molar-refractivity contribution in [1.82, 2.24) is 4.57 Å². The van der Waals surface area contributed by atoms with Gasteiger partial charge in [-0.15, -0.1) is 0 Å². The maximum absolute atomic E-state index is 12.6. The lowest BCUT2D eigenvalue weighted by atomic mass is 10.1. The van der Waals surface area contributed by atoms with E-state index >= 15 is 0 Å². The number of hydrogen-bond acceptors (Lipinski definition) is 2. The largest absolute Gasteiger partial charge is 0.497 e. The van der Waals surface area contributed by atoms with E-state index in [9.17, 15) is 4.79 Å². The van der Waals surface area contributed by atoms with Gasteiger partial charge in [0.1, 0.15) is 5.75 Å². The molecule has 0 amide bonds. The smallest absolute Gasteiger partial charge is 0.197 e. The van der Waals surface area contributed by atoms with Gasteiger partial charge in [-0.25, -0.2) is 0 Å². The molecule has 19 heavy (non-hydrogen) atoms. The summed E-state index contributed by atoms with van der Waals surface area (Å²) >= 11 is 0. The van der Waals surface area contributed by atoms with E-state index in [1.54, 1.807) is 7.11 Å². The number of fused-ring (bicyclic) bond motifs is 2. The van der Waals surface area contributed by atoms with Gasteiger partial charge in [0.2, 0.25) is 0 Å². The number of aryl methyl sites for hydroxylation is 1. The van der Waals surface area contributed by atoms with Gasteiger partial charge in [-0.3, -0.25) is 4.79 Å². The number of benzene rings is 2. The van der Waals surface area contributed by atoms with Crippen LogP contribution in [0.25, 0.3) is 21.8 Å². The summed E-state index contributed by atoms with van der Waals surface area (Å²) in [5.74, 6) is 0.711. The van der Waals surface area contributed by atoms with Gasteiger partial charge in [-0.05, 0) is 37.3 Å². The number of rotatable bonds is 2. The Morgan fingerprint density at radius 1 is 1.05 bits per heavy atom. The number of para-hydroxylation sites is 1. The molecule has 3 aromatic rings. The Labute approximate surface area is 111 Å². The zero-order valence-electron chi connectivity index (χ0n) is 11.0. The van der Waals surface area contributed by atoms with Crippen molar-refractivity contribution in [2.24, 2.45) is 0 Å². The first-order chi connectivity index (χ1) is 9.26. The van der Waals surface area contributed by atoms with Crippen LogP contribution < -0.4 is 10.2 Å². The summed E-state index contributed by atoms with van der Waals surface area (Å²) in [7, 11) is 1.61. The van der Waals surface area contributed by atoms with Crippen LogP contribution in [0.2, 0.25) is 0 Å². The number of methoxy groups -OCH3 is 1. The number of nitrogens with zero attached hydrogens (tertiary/aromatic N) is 1. The minimum absolute atomic E-state index is 0.0641. The molecular weight excluding hydrogens is 238 g/mol. The van der Waals surface area contributed by atoms with Crippen LogP contribution in [-0.2, 0) is 6.54 Å². The van der Waals surface area contributed by atoms with Crippen molar-refractivity contribution in [2.75, 3.05) is 7.11 Å². The molecule has 0 N–H and O–H groups in total. The third-order valence-corrected chi connectivity index (χ3v) is 3.49. The minimum atomic E-state index is 0.0641. The zero-order valence-corrected chi connectivity index (χ0v) is 11.0. The molecule has 0 saturated carbocycles. The third kappa shape index (κ3) is 1.70. The van der Waals surface area contributed by atoms with Gasteiger partial charge in [0.05, 0.1) is 18.1 Å². The third-order valence-electron chi connectivity index (χ3n) is 3.49. The van der Waals surface area contributed by atoms with E-state index in [0.717, 1.165) is 23.0 Å². The molecular formula is C16H15NO2. The first-order valence-electron chi connectivity index (χ1n) is 6.35. The number of aromatic nitrogens is 1. The van der Waals surface area contributed by atoms with Crippen molar-refractivity contribution < 1.29 is 4.74 Å². The van der Waals surface area contributed by atoms with Gasteiger partial charge in [-0.2, -0.15) is 0 Å². The van der Waals surface area contributed by atoms with Gasteiger partial charge in [0.15, 0.2) is 5.43 Å². The standard InChI is InChI=1S/C16H15NO2/c1-3-17-14-7-5-4-6-12(14)16(18)13-10-11(19-2)8-9-15(13)17/h4-10H,3H2,1-2H3. The van der Waals surface area contributed by atoms with Crippen LogP contribution in [0.3, 0.4) is 0 Å². The maximum Gasteiger partial charge on any atom is 0.197 e. The Balaban J connectivity index is 2.57. The minimum Gasteiger partial charge on any atom is -0.497 e. The van der Waals surface area contributed by atoms with E-state index in [1.165, 1.54) is 0 Å². The van der Waals surface area contributed by atoms with Crippen LogP contribution in [0.5, 0.6) is 5.75 Å². The van der Waals surface area contributed by atoms with Crippen LogP contribution in [0, 0.1) is 0 Å². The first-order valence-corrected chi connectivity index (χ1v) is 6.35. The summed E-state index contributed by atoms with van der Waals surface area (Å²) in [6.07, 6.45) is 0. The van der Waals surface area contributed by atoms with Gasteiger partial charge < -0.3 is 9.30 Å². The van der Waals surface area contributed by atoms with E-state index in [1.807, 2.05) is 42.5 Å². The fourth-order valence-electron chi connectivity index (χ4n) is 2.58. The predicted octanol–water partition coefficient (Wildman–Crippen LogP) is 3.18. The second-order valence-corrected chi connectivity index (χ2v) is 4.47. The highest BCUT2D eigenvalue weighted by molar-refractivity contribution is 5.94. The molecule has 0 bridgehead atoms. The second kappa shape index (κ2) is 4.43. The molecule has 1 aromatic heterocycles. The summed E-state index contributed by atoms with van der Waals surface area (Å²) in [6.45, 7) is 2.91. The van der Waals surface area contributed by atoms with Gasteiger partial charge in [0, 0.05) is 17.3 Å². The summed E-state index contributed by atoms with van der Waals surface area (Å²) < 4.78 is 7.37. The van der Waals surface area contributed by atoms with Crippen LogP contribution >= 0.6 is 0 Å². The average Bonchev–Trinajstić information content (AvgIpc) is 2.48. The Morgan fingerprint density at radius 3 is 2.53 bits per heavy atom. The van der Waals surface area contributed by atoms with Crippen LogP contribution in [0.1, 0.15) is 6.92 Å². The molecule has 96 valence electrons. The monoisotopic (exact) mass is 253 g/mol. The van der Waals surface area contributed by atoms with Crippen molar-refractivity contribution in [2.45, 2.75) is 13.5 Å². The fourth-order valence-corrected chi connectivity index (χ4v) is 2.58. The van der Waals surface area contributed by atoms with E-state index < -0.39 is 0 Å². The molecule has 2 aromatic carbocycles. The number of pyridine rings is 1. The zero-order chi connectivity index (χ0) is 13.4. The predicted molar refractivity (Wildman–Crippen MR) is 77.9 cm³/mol. The van der Waals surface area contributed by atoms with Crippen molar-refractivity contribution >= 4 is 21.8 Å². The molecule has 3 nitrogen and oxygen atoms in total. The molecule has 0 atom stereocenters. The number of hydrogen-bond donors (Lipinski definition) is 0. The summed E-state index contributed by atoms with van der Waals surface area (Å²) in [4.78, 5) is 12.6. The Morgan fingerprint density at radius 2 is 1.79 bits per heavy atom. The molecule has 0 saturated heterocycles. The second-order valence-electron chi connectivity index (χ2n) is 4.47. The molecule has 1 heterocycles. The fraction of sp³-hybridized carbons (Fsp3) is 0.188. The summed E-state index contributed by atoms with van der Waals surface area (Å²) in [6, 6.07) is 13.4. The molecule has 0 aliphatic heterocycles. The molecule has 3 heteroatoms. The van der Waals surface area contributed by atoms with Crippen LogP contribution in [0.4, 0.5) is 0 Å². The number of ether oxygens (including phenoxy) is 1. The Hall–Kier alpha value is -2.29. The Kier molecular flexibility index (Phi) is 2.75. The van der Waals surface area contributed by atoms with E-state index in [4.69, 9.17) is 4.74 Å². The van der Waals surface area contributed by atoms with Crippen molar-refractivity contribution in [3.8, 4) is 5.75 Å². The van der Waals surface area contributed by atoms with E-state index in [2.05, 4.69) is 11.5 Å². The first kappa shape index (κ1) is 11.8. The normalized spacial score (nSPS) is 11.1. The van der Waals surface area contributed by atoms with Crippen molar-refractivity contribution in [3.63, 3.8) is 0 Å². The van der Waals surface area contributed by atoms with Gasteiger partial charge in [0.25, 0.3) is 0 Å². The van der Waals surface area contributed by atoms with E-state index in [-0.39, 0.29) is 5.43 Å². The lowest BCUT2D eigenvalue weighted by molar-refractivity contribution is 0.415. The topological polar surface area (TPSA) is 31.2 Å². The molecule has 3 rings (SSSR count). The highest BCUT2D eigenvalue weighted by Gasteiger charge is 2.10. The quantitative estimate of drug-likeness (QED) is 0.657. The average molecular weight is 253 g/mol. The highest BCUT2D eigenvalue weighted by atomic mass is 16.5. The maximum atomic E-state index is 12.6. The van der Waals surface area contributed by atoms with Gasteiger partial charge in [-0.1, -0.05) is 12.1 Å². The van der Waals surface area contributed by atoms with Crippen LogP contribution in [-0.4, -0.2) is 11.7 Å². The van der Waals surface area contributed by atoms with Crippen molar-refractivity contribution in [3.05, 3.63) is 52.7 Å². The molecule has 0 radical (unpaired) electrons. The van der Waals surface area contributed by atoms with E-state index in [0.29, 0.717) is 11.1 Å². The van der Waals surface area contributed by atoms with Crippen LogP contribution in [0.15, 0.2) is 47.3 Å². The molecule has 0 aliphatic rings. The van der Waals surface area contributed by atoms with Crippen molar-refractivity contribution in [1.29, 1.82) is 0 Å². The SMILES string of the molecule is CCn1c2ccccc2c(=O)c2cc(OC)ccc21. The van der Waals surface area contributed by atoms with Gasteiger partial charge >= 0.3 is 0 Å². The Bertz CT molecular complexity index is 818. The highest BCUT2D eigenvalue weighted by Crippen LogP contribution is 2.22. The lowest BCUT2D eigenvalue weighted by Gasteiger charge is -2.13. The summed E-state index contributed by atoms with van der Waals surface area (Å²) in [5, 5.41) is 1.46. The molecule has 0 aliphatic carbocycles. The lowest BCUT2D eigenvalue weighted by Crippen LogP contribution is -2.10. The molecule has 0 spiro atoms. The molecule has 0 fully saturated rings. The molecule has 0 unspecified atom stereocenters.